The molecule has 1 heterocycles. The van der Waals surface area contributed by atoms with Gasteiger partial charge in [-0.25, -0.2) is 4.98 Å². The molecule has 0 radical (unpaired) electrons. The highest BCUT2D eigenvalue weighted by molar-refractivity contribution is 7.09. The molecule has 4 heteroatoms. The van der Waals surface area contributed by atoms with Crippen molar-refractivity contribution in [1.82, 2.24) is 15.2 Å². The SMILES string of the molecule is Cc1ncsc1CN(C)Cc1cccc(CNC2CC2)c1. The molecule has 0 amide bonds. The highest BCUT2D eigenvalue weighted by atomic mass is 32.1. The van der Waals surface area contributed by atoms with Crippen LogP contribution in [-0.4, -0.2) is 23.0 Å². The summed E-state index contributed by atoms with van der Waals surface area (Å²) in [7, 11) is 2.17. The second-order valence-electron chi connectivity index (χ2n) is 6.01. The molecule has 1 aliphatic carbocycles. The minimum atomic E-state index is 0.769. The monoisotopic (exact) mass is 301 g/mol. The Hall–Kier alpha value is -1.23. The average molecular weight is 301 g/mol. The van der Waals surface area contributed by atoms with Crippen LogP contribution >= 0.6 is 11.3 Å². The van der Waals surface area contributed by atoms with E-state index in [4.69, 9.17) is 0 Å². The van der Waals surface area contributed by atoms with E-state index in [0.717, 1.165) is 31.4 Å². The molecule has 1 fully saturated rings. The van der Waals surface area contributed by atoms with Gasteiger partial charge in [0.25, 0.3) is 0 Å². The van der Waals surface area contributed by atoms with Crippen LogP contribution in [0.2, 0.25) is 0 Å². The van der Waals surface area contributed by atoms with Gasteiger partial charge in [-0.3, -0.25) is 4.90 Å². The molecule has 1 aromatic heterocycles. The van der Waals surface area contributed by atoms with E-state index in [1.165, 1.54) is 28.8 Å². The number of nitrogens with one attached hydrogen (secondary N) is 1. The van der Waals surface area contributed by atoms with Crippen LogP contribution < -0.4 is 5.32 Å². The fourth-order valence-electron chi connectivity index (χ4n) is 2.48. The van der Waals surface area contributed by atoms with Crippen molar-refractivity contribution < 1.29 is 0 Å². The first-order chi connectivity index (χ1) is 10.2. The summed E-state index contributed by atoms with van der Waals surface area (Å²) in [5.41, 5.74) is 5.87. The lowest BCUT2D eigenvalue weighted by molar-refractivity contribution is 0.321. The molecule has 112 valence electrons. The summed E-state index contributed by atoms with van der Waals surface area (Å²) < 4.78 is 0. The van der Waals surface area contributed by atoms with Crippen molar-refractivity contribution in [3.8, 4) is 0 Å². The smallest absolute Gasteiger partial charge is 0.0798 e. The van der Waals surface area contributed by atoms with Crippen LogP contribution in [-0.2, 0) is 19.6 Å². The van der Waals surface area contributed by atoms with Crippen LogP contribution in [0, 0.1) is 6.92 Å². The van der Waals surface area contributed by atoms with Crippen LogP contribution in [0.5, 0.6) is 0 Å². The lowest BCUT2D eigenvalue weighted by Crippen LogP contribution is -2.18. The maximum absolute atomic E-state index is 4.32. The van der Waals surface area contributed by atoms with Crippen molar-refractivity contribution in [2.45, 2.75) is 45.4 Å². The third-order valence-electron chi connectivity index (χ3n) is 3.87. The molecule has 0 aliphatic heterocycles. The van der Waals surface area contributed by atoms with E-state index in [2.05, 4.69) is 53.4 Å². The quantitative estimate of drug-likeness (QED) is 0.850. The molecule has 1 aliphatic rings. The van der Waals surface area contributed by atoms with Crippen molar-refractivity contribution in [1.29, 1.82) is 0 Å². The highest BCUT2D eigenvalue weighted by Crippen LogP contribution is 2.20. The van der Waals surface area contributed by atoms with Crippen molar-refractivity contribution in [2.24, 2.45) is 0 Å². The molecule has 1 aromatic carbocycles. The second-order valence-corrected chi connectivity index (χ2v) is 6.95. The molecule has 2 aromatic rings. The molecule has 1 saturated carbocycles. The second kappa shape index (κ2) is 6.69. The van der Waals surface area contributed by atoms with Crippen LogP contribution in [0.25, 0.3) is 0 Å². The van der Waals surface area contributed by atoms with Crippen molar-refractivity contribution >= 4 is 11.3 Å². The largest absolute Gasteiger partial charge is 0.310 e. The maximum Gasteiger partial charge on any atom is 0.0798 e. The standard InChI is InChI=1S/C17H23N3S/c1-13-17(21-12-19-13)11-20(2)10-15-5-3-4-14(8-15)9-18-16-6-7-16/h3-5,8,12,16,18H,6-7,9-11H2,1-2H3. The molecule has 3 rings (SSSR count). The van der Waals surface area contributed by atoms with E-state index in [1.54, 1.807) is 11.3 Å². The Morgan fingerprint density at radius 1 is 1.29 bits per heavy atom. The first kappa shape index (κ1) is 14.7. The van der Waals surface area contributed by atoms with Crippen molar-refractivity contribution in [3.05, 3.63) is 51.5 Å². The van der Waals surface area contributed by atoms with Crippen LogP contribution in [0.4, 0.5) is 0 Å². The van der Waals surface area contributed by atoms with Crippen LogP contribution in [0.3, 0.4) is 0 Å². The van der Waals surface area contributed by atoms with Gasteiger partial charge in [0.2, 0.25) is 0 Å². The fraction of sp³-hybridized carbons (Fsp3) is 0.471. The van der Waals surface area contributed by atoms with Crippen LogP contribution in [0.1, 0.15) is 34.5 Å². The minimum Gasteiger partial charge on any atom is -0.310 e. The number of thiazole rings is 1. The number of aryl methyl sites for hydroxylation is 1. The molecular weight excluding hydrogens is 278 g/mol. The third kappa shape index (κ3) is 4.37. The van der Waals surface area contributed by atoms with Gasteiger partial charge >= 0.3 is 0 Å². The van der Waals surface area contributed by atoms with E-state index in [-0.39, 0.29) is 0 Å². The molecule has 21 heavy (non-hydrogen) atoms. The minimum absolute atomic E-state index is 0.769. The van der Waals surface area contributed by atoms with Gasteiger partial charge in [0.05, 0.1) is 11.2 Å². The van der Waals surface area contributed by atoms with Gasteiger partial charge in [0, 0.05) is 30.6 Å². The Morgan fingerprint density at radius 3 is 2.81 bits per heavy atom. The topological polar surface area (TPSA) is 28.2 Å². The molecule has 1 N–H and O–H groups in total. The predicted octanol–water partition coefficient (Wildman–Crippen LogP) is 3.34. The Morgan fingerprint density at radius 2 is 2.10 bits per heavy atom. The normalized spacial score (nSPS) is 14.8. The Balaban J connectivity index is 1.55. The first-order valence-corrected chi connectivity index (χ1v) is 8.47. The van der Waals surface area contributed by atoms with E-state index >= 15 is 0 Å². The van der Waals surface area contributed by atoms with Crippen molar-refractivity contribution in [3.63, 3.8) is 0 Å². The van der Waals surface area contributed by atoms with E-state index < -0.39 is 0 Å². The summed E-state index contributed by atoms with van der Waals surface area (Å²) in [5, 5.41) is 3.58. The Kier molecular flexibility index (Phi) is 4.68. The fourth-order valence-corrected chi connectivity index (χ4v) is 3.33. The number of rotatable bonds is 7. The summed E-state index contributed by atoms with van der Waals surface area (Å²) in [5.74, 6) is 0. The Bertz CT molecular complexity index is 589. The summed E-state index contributed by atoms with van der Waals surface area (Å²) in [6, 6.07) is 9.70. The lowest BCUT2D eigenvalue weighted by Gasteiger charge is -2.16. The molecular formula is C17H23N3S. The zero-order chi connectivity index (χ0) is 14.7. The van der Waals surface area contributed by atoms with Gasteiger partial charge in [-0.15, -0.1) is 11.3 Å². The lowest BCUT2D eigenvalue weighted by atomic mass is 10.1. The molecule has 0 saturated heterocycles. The predicted molar refractivity (Wildman–Crippen MR) is 88.3 cm³/mol. The summed E-state index contributed by atoms with van der Waals surface area (Å²) in [4.78, 5) is 8.04. The molecule has 0 bridgehead atoms. The first-order valence-electron chi connectivity index (χ1n) is 7.59. The zero-order valence-electron chi connectivity index (χ0n) is 12.8. The number of aromatic nitrogens is 1. The highest BCUT2D eigenvalue weighted by Gasteiger charge is 2.19. The summed E-state index contributed by atoms with van der Waals surface area (Å²) in [6.45, 7) is 5.04. The van der Waals surface area contributed by atoms with E-state index in [0.29, 0.717) is 0 Å². The summed E-state index contributed by atoms with van der Waals surface area (Å²) >= 11 is 1.75. The number of benzene rings is 1. The molecule has 3 nitrogen and oxygen atoms in total. The zero-order valence-corrected chi connectivity index (χ0v) is 13.6. The molecule has 0 spiro atoms. The third-order valence-corrected chi connectivity index (χ3v) is 4.79. The maximum atomic E-state index is 4.32. The van der Waals surface area contributed by atoms with Gasteiger partial charge < -0.3 is 5.32 Å². The van der Waals surface area contributed by atoms with E-state index in [9.17, 15) is 0 Å². The molecule has 0 unspecified atom stereocenters. The van der Waals surface area contributed by atoms with Gasteiger partial charge in [0.15, 0.2) is 0 Å². The number of hydrogen-bond donors (Lipinski definition) is 1. The van der Waals surface area contributed by atoms with E-state index in [1.807, 2.05) is 5.51 Å². The van der Waals surface area contributed by atoms with Gasteiger partial charge in [-0.2, -0.15) is 0 Å². The molecule has 0 atom stereocenters. The van der Waals surface area contributed by atoms with Crippen LogP contribution in [0.15, 0.2) is 29.8 Å². The Labute approximate surface area is 131 Å². The van der Waals surface area contributed by atoms with Crippen molar-refractivity contribution in [2.75, 3.05) is 7.05 Å². The van der Waals surface area contributed by atoms with Gasteiger partial charge in [0.1, 0.15) is 0 Å². The average Bonchev–Trinajstić information content (AvgIpc) is 3.21. The van der Waals surface area contributed by atoms with Gasteiger partial charge in [-0.1, -0.05) is 24.3 Å². The van der Waals surface area contributed by atoms with Gasteiger partial charge in [-0.05, 0) is 37.9 Å². The summed E-state index contributed by atoms with van der Waals surface area (Å²) in [6.07, 6.45) is 2.69. The number of nitrogens with zero attached hydrogens (tertiary/aromatic N) is 2. The number of hydrogen-bond acceptors (Lipinski definition) is 4.